The van der Waals surface area contributed by atoms with E-state index in [-0.39, 0.29) is 0 Å². The minimum Gasteiger partial charge on any atom is -0.378 e. The Morgan fingerprint density at radius 1 is 1.00 bits per heavy atom. The summed E-state index contributed by atoms with van der Waals surface area (Å²) in [6.45, 7) is 0. The van der Waals surface area contributed by atoms with Gasteiger partial charge in [0.25, 0.3) is 0 Å². The van der Waals surface area contributed by atoms with Crippen molar-refractivity contribution in [3.8, 4) is 0 Å². The number of benzene rings is 2. The van der Waals surface area contributed by atoms with Gasteiger partial charge < -0.3 is 4.18 Å². The van der Waals surface area contributed by atoms with Crippen LogP contribution >= 0.6 is 0 Å². The van der Waals surface area contributed by atoms with Gasteiger partial charge in [0.1, 0.15) is 0 Å². The highest BCUT2D eigenvalue weighted by Crippen LogP contribution is 2.15. The number of hydrogen-bond acceptors (Lipinski definition) is 3. The first kappa shape index (κ1) is 15.1. The molecular formula is C15H14IO3S+. The van der Waals surface area contributed by atoms with Gasteiger partial charge in [0.05, 0.1) is 6.26 Å². The molecule has 2 aromatic carbocycles. The third-order valence-electron chi connectivity index (χ3n) is 2.31. The molecular weight excluding hydrogens is 387 g/mol. The molecule has 0 N–H and O–H groups in total. The molecule has 0 amide bonds. The van der Waals surface area contributed by atoms with E-state index in [9.17, 15) is 8.42 Å². The summed E-state index contributed by atoms with van der Waals surface area (Å²) in [7, 11) is -3.53. The molecule has 0 spiro atoms. The Bertz CT molecular complexity index is 680. The molecule has 0 saturated carbocycles. The van der Waals surface area contributed by atoms with Gasteiger partial charge in [-0.15, -0.1) is 0 Å². The molecule has 0 aromatic heterocycles. The summed E-state index contributed by atoms with van der Waals surface area (Å²) >= 11 is -0.445. The molecule has 0 atom stereocenters. The second kappa shape index (κ2) is 6.90. The minimum atomic E-state index is -3.53. The van der Waals surface area contributed by atoms with Crippen molar-refractivity contribution in [3.63, 3.8) is 0 Å². The highest BCUT2D eigenvalue weighted by atomic mass is 127. The Labute approximate surface area is 129 Å². The maximum absolute atomic E-state index is 11.4. The van der Waals surface area contributed by atoms with E-state index in [1.54, 1.807) is 0 Å². The normalized spacial score (nSPS) is 12.2. The molecule has 3 nitrogen and oxygen atoms in total. The molecule has 0 bridgehead atoms. The Morgan fingerprint density at radius 2 is 1.55 bits per heavy atom. The Morgan fingerprint density at radius 3 is 2.10 bits per heavy atom. The van der Waals surface area contributed by atoms with Crippen LogP contribution in [0.2, 0.25) is 0 Å². The Balaban J connectivity index is 2.27. The van der Waals surface area contributed by atoms with Gasteiger partial charge in [0.15, 0.2) is 9.33 Å². The molecule has 0 aliphatic carbocycles. The van der Waals surface area contributed by atoms with E-state index in [1.807, 2.05) is 64.7 Å². The lowest BCUT2D eigenvalue weighted by atomic mass is 10.2. The van der Waals surface area contributed by atoms with Gasteiger partial charge in [-0.2, -0.15) is 8.42 Å². The van der Waals surface area contributed by atoms with Gasteiger partial charge in [-0.1, -0.05) is 48.5 Å². The predicted molar refractivity (Wildman–Crippen MR) is 75.5 cm³/mol. The maximum atomic E-state index is 11.4. The van der Waals surface area contributed by atoms with E-state index < -0.39 is 31.3 Å². The third kappa shape index (κ3) is 4.97. The van der Waals surface area contributed by atoms with E-state index in [2.05, 4.69) is 0 Å². The molecule has 0 heterocycles. The zero-order valence-corrected chi connectivity index (χ0v) is 13.8. The fraction of sp³-hybridized carbons (Fsp3) is 0.0667. The zero-order chi connectivity index (χ0) is 14.4. The van der Waals surface area contributed by atoms with Crippen molar-refractivity contribution in [3.05, 3.63) is 73.9 Å². The first-order valence-corrected chi connectivity index (χ1v) is 10.0. The van der Waals surface area contributed by atoms with Gasteiger partial charge in [0.2, 0.25) is 4.08 Å². The highest BCUT2D eigenvalue weighted by molar-refractivity contribution is 7.86. The van der Waals surface area contributed by atoms with Crippen molar-refractivity contribution in [2.24, 2.45) is 0 Å². The molecule has 2 aromatic rings. The van der Waals surface area contributed by atoms with Crippen LogP contribution < -0.4 is 21.2 Å². The van der Waals surface area contributed by atoms with E-state index in [1.165, 1.54) is 3.57 Å². The maximum Gasteiger partial charge on any atom is 0.353 e. The monoisotopic (exact) mass is 401 g/mol. The van der Waals surface area contributed by atoms with Crippen LogP contribution in [-0.4, -0.2) is 14.7 Å². The molecule has 0 aliphatic heterocycles. The molecule has 5 heteroatoms. The van der Waals surface area contributed by atoms with Crippen molar-refractivity contribution in [2.75, 3.05) is 6.26 Å². The van der Waals surface area contributed by atoms with Crippen LogP contribution in [-0.2, 0) is 14.3 Å². The minimum absolute atomic E-state index is 0.407. The lowest BCUT2D eigenvalue weighted by Gasteiger charge is -2.04. The predicted octanol–water partition coefficient (Wildman–Crippen LogP) is -0.0800. The second-order valence-electron chi connectivity index (χ2n) is 4.03. The summed E-state index contributed by atoms with van der Waals surface area (Å²) in [6, 6.07) is 19.3. The summed E-state index contributed by atoms with van der Waals surface area (Å²) < 4.78 is 31.0. The van der Waals surface area contributed by atoms with E-state index in [4.69, 9.17) is 4.18 Å². The lowest BCUT2D eigenvalue weighted by molar-refractivity contribution is -0.556. The summed E-state index contributed by atoms with van der Waals surface area (Å²) in [5.74, 6) is 0.407. The highest BCUT2D eigenvalue weighted by Gasteiger charge is 2.16. The first-order chi connectivity index (χ1) is 9.54. The fourth-order valence-corrected chi connectivity index (χ4v) is 4.10. The van der Waals surface area contributed by atoms with Crippen LogP contribution in [0.4, 0.5) is 0 Å². The van der Waals surface area contributed by atoms with Gasteiger partial charge in [-0.05, 0) is 12.1 Å². The summed E-state index contributed by atoms with van der Waals surface area (Å²) in [6.07, 6.45) is 1.06. The quantitative estimate of drug-likeness (QED) is 0.400. The molecule has 104 valence electrons. The molecule has 0 unspecified atom stereocenters. The standard InChI is InChI=1S/C15H14IO3S/c1-20(17,18)19-15(13-8-4-2-5-9-13)12-16-14-10-6-3-7-11-14/h2-12H,1H3/q+1/b15-12+. The largest absolute Gasteiger partial charge is 0.378 e. The molecule has 0 saturated heterocycles. The van der Waals surface area contributed by atoms with E-state index >= 15 is 0 Å². The number of halogens is 1. The molecule has 20 heavy (non-hydrogen) atoms. The first-order valence-electron chi connectivity index (χ1n) is 5.88. The lowest BCUT2D eigenvalue weighted by Crippen LogP contribution is -3.59. The topological polar surface area (TPSA) is 43.4 Å². The van der Waals surface area contributed by atoms with E-state index in [0.29, 0.717) is 5.76 Å². The van der Waals surface area contributed by atoms with Gasteiger partial charge in [0, 0.05) is 5.56 Å². The number of rotatable bonds is 5. The SMILES string of the molecule is CS(=O)(=O)O/C(=C/[I+]c1ccccc1)c1ccccc1. The van der Waals surface area contributed by atoms with Crippen LogP contribution in [0.5, 0.6) is 0 Å². The third-order valence-corrected chi connectivity index (χ3v) is 5.11. The summed E-state index contributed by atoms with van der Waals surface area (Å²) in [5.41, 5.74) is 0.772. The average Bonchev–Trinajstić information content (AvgIpc) is 2.44. The molecule has 0 fully saturated rings. The van der Waals surface area contributed by atoms with Gasteiger partial charge in [-0.25, -0.2) is 0 Å². The summed E-state index contributed by atoms with van der Waals surface area (Å²) in [4.78, 5) is 0. The average molecular weight is 401 g/mol. The molecule has 0 radical (unpaired) electrons. The smallest absolute Gasteiger partial charge is 0.353 e. The molecule has 0 aliphatic rings. The van der Waals surface area contributed by atoms with Crippen molar-refractivity contribution in [1.29, 1.82) is 0 Å². The van der Waals surface area contributed by atoms with Crippen LogP contribution in [0.1, 0.15) is 5.56 Å². The summed E-state index contributed by atoms with van der Waals surface area (Å²) in [5, 5.41) is 0. The van der Waals surface area contributed by atoms with Gasteiger partial charge >= 0.3 is 31.3 Å². The van der Waals surface area contributed by atoms with Crippen molar-refractivity contribution >= 4 is 15.9 Å². The van der Waals surface area contributed by atoms with Gasteiger partial charge in [-0.3, -0.25) is 0 Å². The van der Waals surface area contributed by atoms with E-state index in [0.717, 1.165) is 11.8 Å². The zero-order valence-electron chi connectivity index (χ0n) is 10.9. The van der Waals surface area contributed by atoms with Crippen LogP contribution in [0, 0.1) is 3.57 Å². The van der Waals surface area contributed by atoms with Crippen LogP contribution in [0.15, 0.2) is 64.7 Å². The second-order valence-corrected chi connectivity index (χ2v) is 8.10. The number of hydrogen-bond donors (Lipinski definition) is 0. The fourth-order valence-electron chi connectivity index (χ4n) is 1.49. The van der Waals surface area contributed by atoms with Crippen molar-refractivity contribution in [1.82, 2.24) is 0 Å². The van der Waals surface area contributed by atoms with Crippen LogP contribution in [0.25, 0.3) is 5.76 Å². The Hall–Kier alpha value is -1.34. The van der Waals surface area contributed by atoms with Crippen LogP contribution in [0.3, 0.4) is 0 Å². The van der Waals surface area contributed by atoms with Crippen molar-refractivity contribution < 1.29 is 33.8 Å². The van der Waals surface area contributed by atoms with Crippen molar-refractivity contribution in [2.45, 2.75) is 0 Å². The molecule has 2 rings (SSSR count). The Kier molecular flexibility index (Phi) is 5.19.